The molecule has 0 bridgehead atoms. The average molecular weight is 424 g/mol. The number of nitrogens with zero attached hydrogens (tertiary/aromatic N) is 5. The molecule has 0 aliphatic carbocycles. The Balaban J connectivity index is 1.58. The van der Waals surface area contributed by atoms with E-state index in [4.69, 9.17) is 10.7 Å². The Bertz CT molecular complexity index is 1130. The molecule has 1 fully saturated rings. The summed E-state index contributed by atoms with van der Waals surface area (Å²) in [5.41, 5.74) is 8.93. The topological polar surface area (TPSA) is 70.6 Å². The molecule has 1 saturated heterocycles. The van der Waals surface area contributed by atoms with E-state index < -0.39 is 11.6 Å². The van der Waals surface area contributed by atoms with Crippen LogP contribution in [0, 0.1) is 24.5 Å². The number of aliphatic imine (C=N–C) groups is 1. The number of hydrogen-bond donors (Lipinski definition) is 1. The van der Waals surface area contributed by atoms with Gasteiger partial charge in [0.1, 0.15) is 5.82 Å². The summed E-state index contributed by atoms with van der Waals surface area (Å²) in [5, 5.41) is 0. The van der Waals surface area contributed by atoms with Crippen LogP contribution in [0.25, 0.3) is 11.0 Å². The molecular formula is C23H26F2N6. The second-order valence-electron chi connectivity index (χ2n) is 8.19. The molecule has 2 heterocycles. The normalized spacial score (nSPS) is 17.6. The highest BCUT2D eigenvalue weighted by atomic mass is 19.2. The van der Waals surface area contributed by atoms with E-state index in [9.17, 15) is 8.78 Å². The molecular weight excluding hydrogens is 398 g/mol. The molecule has 2 N–H and O–H groups in total. The zero-order valence-corrected chi connectivity index (χ0v) is 17.9. The number of anilines is 1. The fourth-order valence-corrected chi connectivity index (χ4v) is 3.92. The Morgan fingerprint density at radius 2 is 1.84 bits per heavy atom. The van der Waals surface area contributed by atoms with Gasteiger partial charge in [0.25, 0.3) is 0 Å². The fourth-order valence-electron chi connectivity index (χ4n) is 3.92. The van der Waals surface area contributed by atoms with Gasteiger partial charge < -0.3 is 15.5 Å². The molecule has 4 rings (SSSR count). The van der Waals surface area contributed by atoms with Crippen LogP contribution in [0.4, 0.5) is 20.3 Å². The molecule has 0 spiro atoms. The average Bonchev–Trinajstić information content (AvgIpc) is 2.76. The number of hydrogen-bond acceptors (Lipinski definition) is 4. The molecule has 0 amide bonds. The van der Waals surface area contributed by atoms with Gasteiger partial charge in [0.15, 0.2) is 17.6 Å². The molecule has 162 valence electrons. The molecule has 1 aliphatic rings. The highest BCUT2D eigenvalue weighted by molar-refractivity contribution is 5.82. The summed E-state index contributed by atoms with van der Waals surface area (Å²) in [4.78, 5) is 18.0. The number of aryl methyl sites for hydroxylation is 1. The smallest absolute Gasteiger partial charge is 0.196 e. The third kappa shape index (κ3) is 4.28. The maximum atomic E-state index is 13.7. The second kappa shape index (κ2) is 8.45. The maximum Gasteiger partial charge on any atom is 0.196 e. The van der Waals surface area contributed by atoms with Crippen LogP contribution in [0.3, 0.4) is 0 Å². The molecule has 8 heteroatoms. The Kier molecular flexibility index (Phi) is 5.71. The van der Waals surface area contributed by atoms with Crippen LogP contribution < -0.4 is 10.6 Å². The molecule has 1 unspecified atom stereocenters. The van der Waals surface area contributed by atoms with Gasteiger partial charge in [0.2, 0.25) is 0 Å². The van der Waals surface area contributed by atoms with Crippen molar-refractivity contribution in [2.24, 2.45) is 16.6 Å². The van der Waals surface area contributed by atoms with E-state index >= 15 is 0 Å². The molecule has 0 saturated carbocycles. The number of para-hydroxylation sites is 2. The second-order valence-corrected chi connectivity index (χ2v) is 8.19. The third-order valence-electron chi connectivity index (χ3n) is 5.72. The molecule has 0 radical (unpaired) electrons. The number of piperazine rings is 1. The summed E-state index contributed by atoms with van der Waals surface area (Å²) in [7, 11) is 0. The van der Waals surface area contributed by atoms with Crippen LogP contribution in [0.15, 0.2) is 47.6 Å². The van der Waals surface area contributed by atoms with Crippen molar-refractivity contribution in [2.45, 2.75) is 26.8 Å². The van der Waals surface area contributed by atoms with E-state index in [-0.39, 0.29) is 12.0 Å². The van der Waals surface area contributed by atoms with Crippen LogP contribution in [0.2, 0.25) is 0 Å². The van der Waals surface area contributed by atoms with Gasteiger partial charge in [-0.3, -0.25) is 4.98 Å². The molecule has 2 aromatic carbocycles. The molecule has 1 aromatic heterocycles. The van der Waals surface area contributed by atoms with E-state index in [0.29, 0.717) is 36.8 Å². The van der Waals surface area contributed by atoms with E-state index in [1.165, 1.54) is 0 Å². The lowest BCUT2D eigenvalue weighted by atomic mass is 10.00. The minimum atomic E-state index is -0.933. The first kappa shape index (κ1) is 21.0. The minimum Gasteiger partial charge on any atom is -0.369 e. The molecule has 6 nitrogen and oxygen atoms in total. The number of halogens is 2. The predicted octanol–water partition coefficient (Wildman–Crippen LogP) is 4.01. The first-order chi connectivity index (χ1) is 14.8. The van der Waals surface area contributed by atoms with Gasteiger partial charge in [-0.05, 0) is 36.6 Å². The SMILES string of the molecule is Cc1cc(F)c(F)cc1N=C(N)N1CCN(c2cnc3ccccc3n2)CC1C(C)C. The van der Waals surface area contributed by atoms with Crippen molar-refractivity contribution in [1.29, 1.82) is 0 Å². The largest absolute Gasteiger partial charge is 0.369 e. The van der Waals surface area contributed by atoms with Crippen molar-refractivity contribution < 1.29 is 8.78 Å². The lowest BCUT2D eigenvalue weighted by Gasteiger charge is -2.44. The van der Waals surface area contributed by atoms with Crippen LogP contribution in [-0.2, 0) is 0 Å². The Labute approximate surface area is 180 Å². The quantitative estimate of drug-likeness (QED) is 0.508. The highest BCUT2D eigenvalue weighted by Crippen LogP contribution is 2.25. The Hall–Kier alpha value is -3.29. The van der Waals surface area contributed by atoms with E-state index in [2.05, 4.69) is 28.7 Å². The van der Waals surface area contributed by atoms with Gasteiger partial charge in [0.05, 0.1) is 29.0 Å². The number of rotatable bonds is 3. The first-order valence-corrected chi connectivity index (χ1v) is 10.4. The summed E-state index contributed by atoms with van der Waals surface area (Å²) in [6.07, 6.45) is 1.80. The van der Waals surface area contributed by atoms with Crippen LogP contribution in [0.5, 0.6) is 0 Å². The maximum absolute atomic E-state index is 13.7. The number of aromatic nitrogens is 2. The summed E-state index contributed by atoms with van der Waals surface area (Å²) >= 11 is 0. The highest BCUT2D eigenvalue weighted by Gasteiger charge is 2.31. The summed E-state index contributed by atoms with van der Waals surface area (Å²) in [5.74, 6) is -0.401. The minimum absolute atomic E-state index is 0.0800. The summed E-state index contributed by atoms with van der Waals surface area (Å²) in [6, 6.07) is 10.1. The number of nitrogens with two attached hydrogens (primary N) is 1. The Morgan fingerprint density at radius 3 is 2.58 bits per heavy atom. The van der Waals surface area contributed by atoms with Gasteiger partial charge in [0, 0.05) is 25.7 Å². The van der Waals surface area contributed by atoms with Crippen molar-refractivity contribution in [2.75, 3.05) is 24.5 Å². The standard InChI is InChI=1S/C23H26F2N6/c1-14(2)21-13-30(22-12-27-18-6-4-5-7-19(18)28-22)8-9-31(21)23(26)29-20-11-17(25)16(24)10-15(20)3/h4-7,10-12,14,21H,8-9,13H2,1-3H3,(H2,26,29). The van der Waals surface area contributed by atoms with E-state index in [0.717, 1.165) is 29.0 Å². The molecule has 1 aliphatic heterocycles. The zero-order chi connectivity index (χ0) is 22.1. The number of guanidine groups is 1. The third-order valence-corrected chi connectivity index (χ3v) is 5.72. The van der Waals surface area contributed by atoms with Crippen molar-refractivity contribution in [1.82, 2.24) is 14.9 Å². The number of fused-ring (bicyclic) bond motifs is 1. The molecule has 1 atom stereocenters. The van der Waals surface area contributed by atoms with Crippen LogP contribution >= 0.6 is 0 Å². The summed E-state index contributed by atoms with van der Waals surface area (Å²) in [6.45, 7) is 7.98. The van der Waals surface area contributed by atoms with Crippen molar-refractivity contribution in [3.63, 3.8) is 0 Å². The van der Waals surface area contributed by atoms with Gasteiger partial charge in [-0.1, -0.05) is 26.0 Å². The molecule has 31 heavy (non-hydrogen) atoms. The zero-order valence-electron chi connectivity index (χ0n) is 17.9. The fraction of sp³-hybridized carbons (Fsp3) is 0.348. The van der Waals surface area contributed by atoms with Crippen molar-refractivity contribution in [3.8, 4) is 0 Å². The monoisotopic (exact) mass is 424 g/mol. The van der Waals surface area contributed by atoms with Crippen LogP contribution in [0.1, 0.15) is 19.4 Å². The first-order valence-electron chi connectivity index (χ1n) is 10.4. The van der Waals surface area contributed by atoms with Gasteiger partial charge >= 0.3 is 0 Å². The van der Waals surface area contributed by atoms with Gasteiger partial charge in [-0.15, -0.1) is 0 Å². The Morgan fingerprint density at radius 1 is 1.13 bits per heavy atom. The predicted molar refractivity (Wildman–Crippen MR) is 119 cm³/mol. The van der Waals surface area contributed by atoms with E-state index in [1.54, 1.807) is 13.1 Å². The van der Waals surface area contributed by atoms with Gasteiger partial charge in [-0.2, -0.15) is 0 Å². The van der Waals surface area contributed by atoms with Crippen LogP contribution in [-0.4, -0.2) is 46.5 Å². The van der Waals surface area contributed by atoms with Crippen molar-refractivity contribution in [3.05, 3.63) is 59.8 Å². The lowest BCUT2D eigenvalue weighted by Crippen LogP contribution is -2.59. The number of benzene rings is 2. The molecule has 3 aromatic rings. The van der Waals surface area contributed by atoms with Gasteiger partial charge in [-0.25, -0.2) is 18.8 Å². The van der Waals surface area contributed by atoms with Crippen molar-refractivity contribution >= 4 is 28.5 Å². The lowest BCUT2D eigenvalue weighted by molar-refractivity contribution is 0.222. The van der Waals surface area contributed by atoms with E-state index in [1.807, 2.05) is 29.2 Å². The summed E-state index contributed by atoms with van der Waals surface area (Å²) < 4.78 is 27.1.